The number of benzene rings is 2. The minimum absolute atomic E-state index is 0. The lowest BCUT2D eigenvalue weighted by atomic mass is 10.1. The third kappa shape index (κ3) is 3.94. The molecule has 2 heterocycles. The van der Waals surface area contributed by atoms with Gasteiger partial charge in [0.2, 0.25) is 0 Å². The van der Waals surface area contributed by atoms with E-state index in [1.165, 1.54) is 0 Å². The van der Waals surface area contributed by atoms with Gasteiger partial charge in [-0.25, -0.2) is 14.8 Å². The first-order valence-electron chi connectivity index (χ1n) is 9.80. The molecule has 7 nitrogen and oxygen atoms in total. The number of nitrogens with one attached hydrogen (secondary N) is 1. The number of ether oxygens (including phenoxy) is 1. The van der Waals surface area contributed by atoms with Crippen molar-refractivity contribution in [1.82, 2.24) is 15.3 Å². The normalized spacial score (nSPS) is 16.2. The number of fused-ring (bicyclic) bond motifs is 1. The van der Waals surface area contributed by atoms with Gasteiger partial charge in [-0.05, 0) is 50.1 Å². The van der Waals surface area contributed by atoms with E-state index >= 15 is 0 Å². The zero-order valence-electron chi connectivity index (χ0n) is 16.6. The van der Waals surface area contributed by atoms with Crippen molar-refractivity contribution in [3.63, 3.8) is 0 Å². The standard InChI is InChI=1S/C22H24N4O3.2H2/c1-3-29-22(28)23-15-10-11-26(13-15)21-16-9-8-14(2)12-18(16)24-20(25-21)17-6-4-5-7-19(17)27;;/h4-9,12,15,27H,3,10-11,13H2,1-2H3,(H,23,28);2*1H/t15-;;/m1../s1. The van der Waals surface area contributed by atoms with Gasteiger partial charge >= 0.3 is 6.09 Å². The van der Waals surface area contributed by atoms with Crippen LogP contribution >= 0.6 is 0 Å². The Balaban J connectivity index is 0.00000171. The van der Waals surface area contributed by atoms with Crippen molar-refractivity contribution in [3.8, 4) is 17.1 Å². The fraction of sp³-hybridized carbons (Fsp3) is 0.318. The minimum Gasteiger partial charge on any atom is -0.507 e. The first-order valence-corrected chi connectivity index (χ1v) is 9.80. The van der Waals surface area contributed by atoms with Gasteiger partial charge in [0.05, 0.1) is 23.7 Å². The van der Waals surface area contributed by atoms with E-state index < -0.39 is 6.09 Å². The van der Waals surface area contributed by atoms with Crippen molar-refractivity contribution in [2.45, 2.75) is 26.3 Å². The number of para-hydroxylation sites is 1. The van der Waals surface area contributed by atoms with Crippen molar-refractivity contribution in [2.24, 2.45) is 0 Å². The predicted molar refractivity (Wildman–Crippen MR) is 116 cm³/mol. The van der Waals surface area contributed by atoms with Crippen molar-refractivity contribution in [3.05, 3.63) is 48.0 Å². The number of hydrogen-bond donors (Lipinski definition) is 2. The van der Waals surface area contributed by atoms with Crippen LogP contribution in [0, 0.1) is 6.92 Å². The van der Waals surface area contributed by atoms with Crippen LogP contribution in [0.15, 0.2) is 42.5 Å². The maximum absolute atomic E-state index is 11.8. The van der Waals surface area contributed by atoms with Gasteiger partial charge in [0.25, 0.3) is 0 Å². The Hall–Kier alpha value is -3.35. The molecule has 154 valence electrons. The molecular weight excluding hydrogens is 368 g/mol. The number of anilines is 1. The highest BCUT2D eigenvalue weighted by molar-refractivity contribution is 5.92. The zero-order chi connectivity index (χ0) is 20.4. The van der Waals surface area contributed by atoms with Gasteiger partial charge in [-0.1, -0.05) is 18.2 Å². The second kappa shape index (κ2) is 7.95. The number of amides is 1. The summed E-state index contributed by atoms with van der Waals surface area (Å²) in [6.45, 7) is 5.56. The Bertz CT molecular complexity index is 1060. The Kier molecular flexibility index (Phi) is 5.20. The zero-order valence-corrected chi connectivity index (χ0v) is 16.6. The number of rotatable bonds is 4. The van der Waals surface area contributed by atoms with E-state index in [9.17, 15) is 9.90 Å². The average Bonchev–Trinajstić information content (AvgIpc) is 3.15. The lowest BCUT2D eigenvalue weighted by Crippen LogP contribution is -2.37. The number of phenolic OH excluding ortho intramolecular Hbond substituents is 1. The van der Waals surface area contributed by atoms with E-state index in [1.54, 1.807) is 19.1 Å². The highest BCUT2D eigenvalue weighted by Gasteiger charge is 2.27. The molecule has 3 aromatic rings. The fourth-order valence-corrected chi connectivity index (χ4v) is 3.66. The number of aromatic nitrogens is 2. The monoisotopic (exact) mass is 396 g/mol. The van der Waals surface area contributed by atoms with Crippen LogP contribution in [0.1, 0.15) is 21.8 Å². The van der Waals surface area contributed by atoms with Crippen LogP contribution in [0.25, 0.3) is 22.3 Å². The average molecular weight is 396 g/mol. The molecule has 1 saturated heterocycles. The minimum atomic E-state index is -0.391. The number of carbonyl (C=O) groups excluding carboxylic acids is 1. The molecule has 7 heteroatoms. The molecule has 0 spiro atoms. The van der Waals surface area contributed by atoms with Crippen molar-refractivity contribution in [2.75, 3.05) is 24.6 Å². The van der Waals surface area contributed by atoms with Gasteiger partial charge in [0.1, 0.15) is 11.6 Å². The number of alkyl carbamates (subject to hydrolysis) is 1. The molecule has 2 N–H and O–H groups in total. The summed E-state index contributed by atoms with van der Waals surface area (Å²) < 4.78 is 5.00. The van der Waals surface area contributed by atoms with Crippen LogP contribution in [0.3, 0.4) is 0 Å². The third-order valence-corrected chi connectivity index (χ3v) is 5.06. The van der Waals surface area contributed by atoms with Gasteiger partial charge in [-0.3, -0.25) is 0 Å². The van der Waals surface area contributed by atoms with Crippen LogP contribution in [-0.4, -0.2) is 46.9 Å². The summed E-state index contributed by atoms with van der Waals surface area (Å²) in [5, 5.41) is 14.1. The van der Waals surface area contributed by atoms with Crippen LogP contribution in [-0.2, 0) is 4.74 Å². The number of hydrogen-bond acceptors (Lipinski definition) is 6. The first kappa shape index (κ1) is 19.0. The van der Waals surface area contributed by atoms with Gasteiger partial charge in [0, 0.05) is 21.3 Å². The van der Waals surface area contributed by atoms with Crippen molar-refractivity contribution < 1.29 is 17.5 Å². The Morgan fingerprint density at radius 1 is 1.31 bits per heavy atom. The van der Waals surface area contributed by atoms with Crippen molar-refractivity contribution in [1.29, 1.82) is 0 Å². The number of carbonyl (C=O) groups is 1. The van der Waals surface area contributed by atoms with E-state index in [-0.39, 0.29) is 14.6 Å². The number of nitrogens with zero attached hydrogens (tertiary/aromatic N) is 3. The van der Waals surface area contributed by atoms with Crippen LogP contribution in [0.2, 0.25) is 0 Å². The van der Waals surface area contributed by atoms with Crippen molar-refractivity contribution >= 4 is 22.8 Å². The second-order valence-corrected chi connectivity index (χ2v) is 7.20. The maximum atomic E-state index is 11.8. The van der Waals surface area contributed by atoms with Gasteiger partial charge in [-0.2, -0.15) is 0 Å². The molecule has 2 aromatic carbocycles. The van der Waals surface area contributed by atoms with Gasteiger partial charge in [-0.15, -0.1) is 0 Å². The van der Waals surface area contributed by atoms with Crippen LogP contribution < -0.4 is 10.2 Å². The Morgan fingerprint density at radius 3 is 2.93 bits per heavy atom. The molecule has 0 radical (unpaired) electrons. The van der Waals surface area contributed by atoms with Gasteiger partial charge in [0.15, 0.2) is 5.82 Å². The SMILES string of the molecule is CCOC(=O)N[C@@H]1CCN(c2nc(-c3ccccc3O)nc3cc(C)ccc23)C1.[HH].[HH]. The van der Waals surface area contributed by atoms with E-state index in [0.29, 0.717) is 24.5 Å². The van der Waals surface area contributed by atoms with Gasteiger partial charge < -0.3 is 20.1 Å². The lowest BCUT2D eigenvalue weighted by Gasteiger charge is -2.21. The van der Waals surface area contributed by atoms with E-state index in [1.807, 2.05) is 37.3 Å². The summed E-state index contributed by atoms with van der Waals surface area (Å²) in [6, 6.07) is 13.2. The van der Waals surface area contributed by atoms with E-state index in [2.05, 4.69) is 10.2 Å². The summed E-state index contributed by atoms with van der Waals surface area (Å²) >= 11 is 0. The largest absolute Gasteiger partial charge is 0.507 e. The number of aryl methyl sites for hydroxylation is 1. The maximum Gasteiger partial charge on any atom is 0.407 e. The summed E-state index contributed by atoms with van der Waals surface area (Å²) in [4.78, 5) is 23.4. The number of phenols is 1. The molecule has 0 unspecified atom stereocenters. The molecule has 1 aliphatic heterocycles. The summed E-state index contributed by atoms with van der Waals surface area (Å²) in [5.74, 6) is 1.44. The third-order valence-electron chi connectivity index (χ3n) is 5.06. The Morgan fingerprint density at radius 2 is 2.14 bits per heavy atom. The smallest absolute Gasteiger partial charge is 0.407 e. The lowest BCUT2D eigenvalue weighted by molar-refractivity contribution is 0.149. The molecule has 0 bridgehead atoms. The van der Waals surface area contributed by atoms with E-state index in [0.717, 1.165) is 35.2 Å². The molecular formula is C22H28N4O3. The summed E-state index contributed by atoms with van der Waals surface area (Å²) in [7, 11) is 0. The van der Waals surface area contributed by atoms with Crippen LogP contribution in [0.5, 0.6) is 5.75 Å². The molecule has 1 aromatic heterocycles. The molecule has 4 rings (SSSR count). The molecule has 0 aliphatic carbocycles. The molecule has 1 fully saturated rings. The topological polar surface area (TPSA) is 87.6 Å². The first-order chi connectivity index (χ1) is 14.0. The van der Waals surface area contributed by atoms with E-state index in [4.69, 9.17) is 14.7 Å². The molecule has 29 heavy (non-hydrogen) atoms. The second-order valence-electron chi connectivity index (χ2n) is 7.20. The number of aromatic hydroxyl groups is 1. The predicted octanol–water partition coefficient (Wildman–Crippen LogP) is 4.13. The Labute approximate surface area is 172 Å². The molecule has 1 amide bonds. The summed E-state index contributed by atoms with van der Waals surface area (Å²) in [5.41, 5.74) is 2.53. The molecule has 1 aliphatic rings. The fourth-order valence-electron chi connectivity index (χ4n) is 3.66. The highest BCUT2D eigenvalue weighted by atomic mass is 16.5. The molecule has 0 saturated carbocycles. The highest BCUT2D eigenvalue weighted by Crippen LogP contribution is 2.33. The summed E-state index contributed by atoms with van der Waals surface area (Å²) in [6.07, 6.45) is 0.416. The van der Waals surface area contributed by atoms with Crippen LogP contribution in [0.4, 0.5) is 10.6 Å². The quantitative estimate of drug-likeness (QED) is 0.689. The molecule has 1 atom stereocenters.